The monoisotopic (exact) mass is 516 g/mol. The second kappa shape index (κ2) is 10.3. The fourth-order valence-electron chi connectivity index (χ4n) is 3.57. The maximum absolute atomic E-state index is 13.6. The number of hydrogen-bond donors (Lipinski definition) is 2. The van der Waals surface area contributed by atoms with E-state index in [0.717, 1.165) is 37.1 Å². The number of ether oxygens (including phenoxy) is 1. The predicted octanol–water partition coefficient (Wildman–Crippen LogP) is 4.07. The van der Waals surface area contributed by atoms with Crippen molar-refractivity contribution < 1.29 is 36.7 Å². The molecule has 3 amide bonds. The molecular formula is C22H24F4N4O4S. The van der Waals surface area contributed by atoms with E-state index in [1.54, 1.807) is 4.90 Å². The number of benzene rings is 1. The zero-order valence-corrected chi connectivity index (χ0v) is 20.0. The third-order valence-electron chi connectivity index (χ3n) is 5.41. The Morgan fingerprint density at radius 3 is 2.46 bits per heavy atom. The molecule has 35 heavy (non-hydrogen) atoms. The quantitative estimate of drug-likeness (QED) is 0.427. The van der Waals surface area contributed by atoms with Gasteiger partial charge in [-0.2, -0.15) is 13.2 Å². The van der Waals surface area contributed by atoms with Crippen molar-refractivity contribution in [3.8, 4) is 0 Å². The van der Waals surface area contributed by atoms with Crippen LogP contribution in [-0.2, 0) is 15.7 Å². The number of likely N-dealkylation sites (tertiary alicyclic amines) is 1. The third-order valence-corrected chi connectivity index (χ3v) is 6.38. The average Bonchev–Trinajstić information content (AvgIpc) is 3.41. The van der Waals surface area contributed by atoms with Gasteiger partial charge in [0, 0.05) is 19.2 Å². The van der Waals surface area contributed by atoms with Gasteiger partial charge in [0.15, 0.2) is 10.8 Å². The molecule has 13 heteroatoms. The van der Waals surface area contributed by atoms with Crippen molar-refractivity contribution >= 4 is 34.2 Å². The number of ketones is 1. The van der Waals surface area contributed by atoms with Gasteiger partial charge in [-0.25, -0.2) is 14.2 Å². The van der Waals surface area contributed by atoms with E-state index in [9.17, 15) is 31.9 Å². The van der Waals surface area contributed by atoms with Crippen molar-refractivity contribution in [2.75, 3.05) is 25.6 Å². The Morgan fingerprint density at radius 1 is 1.20 bits per heavy atom. The summed E-state index contributed by atoms with van der Waals surface area (Å²) in [6, 6.07) is 3.37. The minimum Gasteiger partial charge on any atom is -0.383 e. The SMILES string of the molecule is COC[C@H]1CCCN1C(=O)NC(C)(C)C(=O)Nc1nc(C(F)(F)F)c(C(=O)c2ccc(F)cc2)s1. The van der Waals surface area contributed by atoms with E-state index < -0.39 is 51.0 Å². The summed E-state index contributed by atoms with van der Waals surface area (Å²) in [7, 11) is 1.52. The molecule has 0 bridgehead atoms. The number of nitrogens with one attached hydrogen (secondary N) is 2. The Kier molecular flexibility index (Phi) is 7.80. The lowest BCUT2D eigenvalue weighted by Gasteiger charge is -2.30. The molecule has 0 aliphatic carbocycles. The molecule has 0 radical (unpaired) electrons. The largest absolute Gasteiger partial charge is 0.435 e. The maximum atomic E-state index is 13.6. The number of carbonyl (C=O) groups excluding carboxylic acids is 3. The average molecular weight is 517 g/mol. The molecule has 1 aromatic heterocycles. The highest BCUT2D eigenvalue weighted by molar-refractivity contribution is 7.18. The molecule has 2 N–H and O–H groups in total. The van der Waals surface area contributed by atoms with Crippen LogP contribution in [0.5, 0.6) is 0 Å². The van der Waals surface area contributed by atoms with Gasteiger partial charge in [-0.3, -0.25) is 14.9 Å². The van der Waals surface area contributed by atoms with Gasteiger partial charge in [-0.05, 0) is 51.0 Å². The molecule has 1 aromatic carbocycles. The van der Waals surface area contributed by atoms with Gasteiger partial charge in [0.25, 0.3) is 5.91 Å². The van der Waals surface area contributed by atoms with Gasteiger partial charge in [0.1, 0.15) is 16.2 Å². The zero-order chi connectivity index (χ0) is 26.0. The summed E-state index contributed by atoms with van der Waals surface area (Å²) in [5.74, 6) is -2.49. The molecule has 0 spiro atoms. The van der Waals surface area contributed by atoms with E-state index >= 15 is 0 Å². The van der Waals surface area contributed by atoms with Crippen LogP contribution in [0.25, 0.3) is 0 Å². The van der Waals surface area contributed by atoms with Gasteiger partial charge in [0.2, 0.25) is 5.78 Å². The predicted molar refractivity (Wildman–Crippen MR) is 120 cm³/mol. The molecule has 1 aliphatic heterocycles. The Morgan fingerprint density at radius 2 is 1.86 bits per heavy atom. The molecule has 1 fully saturated rings. The number of nitrogens with zero attached hydrogens (tertiary/aromatic N) is 2. The van der Waals surface area contributed by atoms with Gasteiger partial charge >= 0.3 is 12.2 Å². The summed E-state index contributed by atoms with van der Waals surface area (Å²) in [5.41, 5.74) is -3.14. The Hall–Kier alpha value is -3.06. The molecule has 190 valence electrons. The molecule has 2 aromatic rings. The molecule has 3 rings (SSSR count). The van der Waals surface area contributed by atoms with E-state index in [2.05, 4.69) is 15.6 Å². The van der Waals surface area contributed by atoms with E-state index in [0.29, 0.717) is 24.5 Å². The highest BCUT2D eigenvalue weighted by Crippen LogP contribution is 2.37. The minimum atomic E-state index is -4.97. The van der Waals surface area contributed by atoms with Crippen LogP contribution in [0.4, 0.5) is 27.5 Å². The van der Waals surface area contributed by atoms with Crippen molar-refractivity contribution in [1.82, 2.24) is 15.2 Å². The van der Waals surface area contributed by atoms with Crippen LogP contribution < -0.4 is 10.6 Å². The highest BCUT2D eigenvalue weighted by atomic mass is 32.1. The third kappa shape index (κ3) is 6.14. The summed E-state index contributed by atoms with van der Waals surface area (Å²) in [6.45, 7) is 3.60. The molecule has 0 saturated carbocycles. The van der Waals surface area contributed by atoms with Crippen LogP contribution in [0.1, 0.15) is 47.6 Å². The normalized spacial score (nSPS) is 16.3. The summed E-state index contributed by atoms with van der Waals surface area (Å²) in [6.07, 6.45) is -3.45. The molecular weight excluding hydrogens is 492 g/mol. The molecule has 1 atom stereocenters. The lowest BCUT2D eigenvalue weighted by Crippen LogP contribution is -2.57. The number of anilines is 1. The van der Waals surface area contributed by atoms with Gasteiger partial charge < -0.3 is 15.0 Å². The van der Waals surface area contributed by atoms with E-state index in [-0.39, 0.29) is 11.6 Å². The zero-order valence-electron chi connectivity index (χ0n) is 19.2. The van der Waals surface area contributed by atoms with Crippen molar-refractivity contribution in [2.45, 2.75) is 44.4 Å². The molecule has 0 unspecified atom stereocenters. The number of rotatable bonds is 7. The number of methoxy groups -OCH3 is 1. The lowest BCUT2D eigenvalue weighted by atomic mass is 10.1. The fourth-order valence-corrected chi connectivity index (χ4v) is 4.51. The first-order valence-electron chi connectivity index (χ1n) is 10.6. The summed E-state index contributed by atoms with van der Waals surface area (Å²) in [5, 5.41) is 4.38. The van der Waals surface area contributed by atoms with E-state index in [1.165, 1.54) is 21.0 Å². The van der Waals surface area contributed by atoms with Crippen LogP contribution in [0.15, 0.2) is 24.3 Å². The number of hydrogen-bond acceptors (Lipinski definition) is 6. The number of alkyl halides is 3. The number of aromatic nitrogens is 1. The maximum Gasteiger partial charge on any atom is 0.435 e. The number of amides is 3. The summed E-state index contributed by atoms with van der Waals surface area (Å²) >= 11 is 0.343. The highest BCUT2D eigenvalue weighted by Gasteiger charge is 2.41. The second-order valence-corrected chi connectivity index (χ2v) is 9.48. The van der Waals surface area contributed by atoms with Crippen molar-refractivity contribution in [3.63, 3.8) is 0 Å². The minimum absolute atomic E-state index is 0.146. The molecule has 1 aliphatic rings. The Bertz CT molecular complexity index is 1100. The summed E-state index contributed by atoms with van der Waals surface area (Å²) in [4.78, 5) is 42.4. The second-order valence-electron chi connectivity index (χ2n) is 8.48. The fraction of sp³-hybridized carbons (Fsp3) is 0.455. The molecule has 1 saturated heterocycles. The van der Waals surface area contributed by atoms with Gasteiger partial charge in [0.05, 0.1) is 12.6 Å². The van der Waals surface area contributed by atoms with Crippen molar-refractivity contribution in [1.29, 1.82) is 0 Å². The van der Waals surface area contributed by atoms with Crippen LogP contribution in [0, 0.1) is 5.82 Å². The Labute approximate surface area is 202 Å². The Balaban J connectivity index is 1.78. The van der Waals surface area contributed by atoms with E-state index in [1.807, 2.05) is 0 Å². The van der Waals surface area contributed by atoms with Crippen LogP contribution in [-0.4, -0.2) is 59.4 Å². The standard InChI is InChI=1S/C22H24F4N4O4S/c1-21(2,29-20(33)30-10-4-5-14(30)11-34-3)18(32)28-19-27-17(22(24,25)26)16(35-19)15(31)12-6-8-13(23)9-7-12/h6-9,14H,4-5,10-11H2,1-3H3,(H,29,33)(H,27,28,32)/t14-/m1/s1. The first kappa shape index (κ1) is 26.5. The first-order chi connectivity index (χ1) is 16.3. The number of halogens is 4. The van der Waals surface area contributed by atoms with Crippen LogP contribution >= 0.6 is 11.3 Å². The van der Waals surface area contributed by atoms with Gasteiger partial charge in [-0.15, -0.1) is 0 Å². The van der Waals surface area contributed by atoms with E-state index in [4.69, 9.17) is 4.74 Å². The van der Waals surface area contributed by atoms with Crippen LogP contribution in [0.3, 0.4) is 0 Å². The van der Waals surface area contributed by atoms with Gasteiger partial charge in [-0.1, -0.05) is 11.3 Å². The van der Waals surface area contributed by atoms with Crippen molar-refractivity contribution in [3.05, 3.63) is 46.2 Å². The lowest BCUT2D eigenvalue weighted by molar-refractivity contribution is -0.141. The smallest absolute Gasteiger partial charge is 0.383 e. The van der Waals surface area contributed by atoms with Crippen molar-refractivity contribution in [2.24, 2.45) is 0 Å². The number of carbonyl (C=O) groups is 3. The first-order valence-corrected chi connectivity index (χ1v) is 11.4. The topological polar surface area (TPSA) is 101 Å². The summed E-state index contributed by atoms with van der Waals surface area (Å²) < 4.78 is 58.9. The van der Waals surface area contributed by atoms with Crippen LogP contribution in [0.2, 0.25) is 0 Å². The molecule has 2 heterocycles. The number of thiazole rings is 1. The molecule has 8 nitrogen and oxygen atoms in total. The number of urea groups is 1.